The van der Waals surface area contributed by atoms with Crippen LogP contribution < -0.4 is 10.3 Å². The number of esters is 1. The molecule has 134 valence electrons. The molecule has 25 heavy (non-hydrogen) atoms. The summed E-state index contributed by atoms with van der Waals surface area (Å²) in [5, 5.41) is 9.73. The minimum Gasteiger partial charge on any atom is -0.507 e. The minimum atomic E-state index is -4.78. The van der Waals surface area contributed by atoms with Crippen molar-refractivity contribution in [2.24, 2.45) is 0 Å². The van der Waals surface area contributed by atoms with Gasteiger partial charge in [-0.1, -0.05) is 12.1 Å². The maximum absolute atomic E-state index is 12.3. The Hall–Kier alpha value is -2.97. The number of hydrogen-bond donors (Lipinski definition) is 1. The number of aromatic hydroxyl groups is 1. The van der Waals surface area contributed by atoms with E-state index in [2.05, 4.69) is 9.47 Å². The number of halogens is 3. The largest absolute Gasteiger partial charge is 0.573 e. The molecule has 6 nitrogen and oxygen atoms in total. The number of carbonyl (C=O) groups is 1. The number of ether oxygens (including phenoxy) is 2. The highest BCUT2D eigenvalue weighted by molar-refractivity contribution is 5.73. The monoisotopic (exact) mass is 357 g/mol. The highest BCUT2D eigenvalue weighted by Gasteiger charge is 2.30. The number of methoxy groups -OCH3 is 1. The lowest BCUT2D eigenvalue weighted by atomic mass is 10.1. The first kappa shape index (κ1) is 18.4. The van der Waals surface area contributed by atoms with Gasteiger partial charge in [-0.3, -0.25) is 9.59 Å². The Labute approximate surface area is 140 Å². The molecule has 0 amide bonds. The van der Waals surface area contributed by atoms with E-state index in [9.17, 15) is 27.9 Å². The van der Waals surface area contributed by atoms with Gasteiger partial charge in [0.15, 0.2) is 0 Å². The molecule has 0 atom stereocenters. The van der Waals surface area contributed by atoms with E-state index in [0.29, 0.717) is 5.56 Å². The highest BCUT2D eigenvalue weighted by Crippen LogP contribution is 2.23. The first-order valence-corrected chi connectivity index (χ1v) is 7.02. The van der Waals surface area contributed by atoms with E-state index in [-0.39, 0.29) is 30.0 Å². The molecule has 1 aromatic carbocycles. The second kappa shape index (κ2) is 7.29. The van der Waals surface area contributed by atoms with Gasteiger partial charge in [-0.15, -0.1) is 13.2 Å². The second-order valence-electron chi connectivity index (χ2n) is 5.06. The summed E-state index contributed by atoms with van der Waals surface area (Å²) in [6.45, 7) is 0.0413. The van der Waals surface area contributed by atoms with Gasteiger partial charge in [-0.05, 0) is 23.8 Å². The molecule has 9 heteroatoms. The molecule has 2 aromatic rings. The smallest absolute Gasteiger partial charge is 0.507 e. The molecular formula is C16H14F3NO5. The van der Waals surface area contributed by atoms with Crippen LogP contribution >= 0.6 is 0 Å². The summed E-state index contributed by atoms with van der Waals surface area (Å²) < 4.78 is 45.8. The fourth-order valence-electron chi connectivity index (χ4n) is 2.11. The van der Waals surface area contributed by atoms with Gasteiger partial charge >= 0.3 is 12.3 Å². The van der Waals surface area contributed by atoms with Crippen LogP contribution in [0.15, 0.2) is 41.3 Å². The van der Waals surface area contributed by atoms with E-state index in [0.717, 1.165) is 19.2 Å². The predicted octanol–water partition coefficient (Wildman–Crippen LogP) is 2.22. The van der Waals surface area contributed by atoms with Gasteiger partial charge in [0.2, 0.25) is 0 Å². The summed E-state index contributed by atoms with van der Waals surface area (Å²) in [4.78, 5) is 23.6. The maximum atomic E-state index is 12.3. The average molecular weight is 357 g/mol. The zero-order valence-corrected chi connectivity index (χ0v) is 13.0. The summed E-state index contributed by atoms with van der Waals surface area (Å²) in [6.07, 6.45) is -3.85. The summed E-state index contributed by atoms with van der Waals surface area (Å²) in [6, 6.07) is 6.26. The van der Waals surface area contributed by atoms with Gasteiger partial charge in [-0.25, -0.2) is 0 Å². The fraction of sp³-hybridized carbons (Fsp3) is 0.250. The van der Waals surface area contributed by atoms with Gasteiger partial charge in [0, 0.05) is 6.20 Å². The lowest BCUT2D eigenvalue weighted by molar-refractivity contribution is -0.274. The Morgan fingerprint density at radius 3 is 2.40 bits per heavy atom. The van der Waals surface area contributed by atoms with Crippen LogP contribution in [0, 0.1) is 0 Å². The van der Waals surface area contributed by atoms with Crippen LogP contribution in [-0.4, -0.2) is 29.1 Å². The fourth-order valence-corrected chi connectivity index (χ4v) is 2.11. The molecule has 0 bridgehead atoms. The Morgan fingerprint density at radius 2 is 1.84 bits per heavy atom. The Morgan fingerprint density at radius 1 is 1.20 bits per heavy atom. The first-order chi connectivity index (χ1) is 11.7. The van der Waals surface area contributed by atoms with Gasteiger partial charge in [0.25, 0.3) is 5.56 Å². The normalized spacial score (nSPS) is 11.2. The molecule has 0 saturated carbocycles. The summed E-state index contributed by atoms with van der Waals surface area (Å²) >= 11 is 0. The molecule has 2 rings (SSSR count). The van der Waals surface area contributed by atoms with Gasteiger partial charge in [0.05, 0.1) is 25.6 Å². The molecule has 0 saturated heterocycles. The number of rotatable bonds is 5. The number of nitrogens with zero attached hydrogens (tertiary/aromatic N) is 1. The van der Waals surface area contributed by atoms with Gasteiger partial charge in [0.1, 0.15) is 11.5 Å². The first-order valence-electron chi connectivity index (χ1n) is 7.02. The highest BCUT2D eigenvalue weighted by atomic mass is 19.4. The van der Waals surface area contributed by atoms with Crippen LogP contribution in [0.4, 0.5) is 13.2 Å². The number of carbonyl (C=O) groups excluding carboxylic acids is 1. The van der Waals surface area contributed by atoms with Crippen molar-refractivity contribution < 1.29 is 32.5 Å². The SMILES string of the molecule is COC(=O)Cc1c(O)ccn(Cc2ccc(OC(F)(F)F)cc2)c1=O. The van der Waals surface area contributed by atoms with Crippen molar-refractivity contribution in [3.63, 3.8) is 0 Å². The topological polar surface area (TPSA) is 77.8 Å². The Kier molecular flexibility index (Phi) is 5.35. The van der Waals surface area contributed by atoms with E-state index in [4.69, 9.17) is 0 Å². The van der Waals surface area contributed by atoms with E-state index in [1.165, 1.54) is 29.0 Å². The molecule has 0 aliphatic heterocycles. The van der Waals surface area contributed by atoms with Gasteiger partial charge < -0.3 is 19.1 Å². The molecule has 1 N–H and O–H groups in total. The van der Waals surface area contributed by atoms with Crippen molar-refractivity contribution in [2.45, 2.75) is 19.3 Å². The van der Waals surface area contributed by atoms with Crippen LogP contribution in [-0.2, 0) is 22.5 Å². The zero-order valence-electron chi connectivity index (χ0n) is 13.0. The summed E-state index contributed by atoms with van der Waals surface area (Å²) in [5.74, 6) is -1.39. The second-order valence-corrected chi connectivity index (χ2v) is 5.06. The summed E-state index contributed by atoms with van der Waals surface area (Å²) in [5.41, 5.74) is -0.182. The van der Waals surface area contributed by atoms with E-state index in [1.54, 1.807) is 0 Å². The van der Waals surface area contributed by atoms with E-state index >= 15 is 0 Å². The number of benzene rings is 1. The van der Waals surface area contributed by atoms with Gasteiger partial charge in [-0.2, -0.15) is 0 Å². The minimum absolute atomic E-state index is 0.0413. The summed E-state index contributed by atoms with van der Waals surface area (Å²) in [7, 11) is 1.16. The number of aromatic nitrogens is 1. The zero-order chi connectivity index (χ0) is 18.6. The maximum Gasteiger partial charge on any atom is 0.573 e. The quantitative estimate of drug-likeness (QED) is 0.831. The lowest BCUT2D eigenvalue weighted by Gasteiger charge is -2.11. The van der Waals surface area contributed by atoms with Crippen molar-refractivity contribution in [3.8, 4) is 11.5 Å². The third kappa shape index (κ3) is 5.00. The molecule has 0 unspecified atom stereocenters. The van der Waals surface area contributed by atoms with Crippen LogP contribution in [0.25, 0.3) is 0 Å². The molecule has 0 aliphatic carbocycles. The number of alkyl halides is 3. The molecule has 0 fully saturated rings. The van der Waals surface area contributed by atoms with Crippen molar-refractivity contribution >= 4 is 5.97 Å². The number of hydrogen-bond acceptors (Lipinski definition) is 5. The van der Waals surface area contributed by atoms with Crippen LogP contribution in [0.2, 0.25) is 0 Å². The average Bonchev–Trinajstić information content (AvgIpc) is 2.54. The molecule has 0 radical (unpaired) electrons. The van der Waals surface area contributed by atoms with Crippen molar-refractivity contribution in [3.05, 3.63) is 58.0 Å². The molecule has 0 spiro atoms. The molecule has 1 heterocycles. The predicted molar refractivity (Wildman–Crippen MR) is 80.3 cm³/mol. The Balaban J connectivity index is 2.21. The van der Waals surface area contributed by atoms with Crippen molar-refractivity contribution in [1.29, 1.82) is 0 Å². The Bertz CT molecular complexity index is 812. The van der Waals surface area contributed by atoms with Crippen molar-refractivity contribution in [1.82, 2.24) is 4.57 Å². The molecule has 1 aromatic heterocycles. The third-order valence-corrected chi connectivity index (χ3v) is 3.30. The van der Waals surface area contributed by atoms with Crippen LogP contribution in [0.1, 0.15) is 11.1 Å². The van der Waals surface area contributed by atoms with Crippen LogP contribution in [0.5, 0.6) is 11.5 Å². The van der Waals surface area contributed by atoms with E-state index < -0.39 is 17.9 Å². The van der Waals surface area contributed by atoms with Crippen LogP contribution in [0.3, 0.4) is 0 Å². The lowest BCUT2D eigenvalue weighted by Crippen LogP contribution is -2.25. The van der Waals surface area contributed by atoms with Crippen molar-refractivity contribution in [2.75, 3.05) is 7.11 Å². The third-order valence-electron chi connectivity index (χ3n) is 3.30. The standard InChI is InChI=1S/C16H14F3NO5/c1-24-14(22)8-12-13(21)6-7-20(15(12)23)9-10-2-4-11(5-3-10)25-16(17,18)19/h2-7,21H,8-9H2,1H3. The number of pyridine rings is 1. The van der Waals surface area contributed by atoms with E-state index in [1.807, 2.05) is 0 Å². The molecule has 0 aliphatic rings. The molecular weight excluding hydrogens is 343 g/mol.